The quantitative estimate of drug-likeness (QED) is 0.855. The zero-order valence-electron chi connectivity index (χ0n) is 11.1. The molecular weight excluding hydrogens is 274 g/mol. The van der Waals surface area contributed by atoms with E-state index < -0.39 is 0 Å². The number of ketones is 1. The second-order valence-corrected chi connectivity index (χ2v) is 5.83. The molecule has 1 aliphatic rings. The Labute approximate surface area is 121 Å². The lowest BCUT2D eigenvalue weighted by molar-refractivity contribution is -0.0130. The number of nitrogens with one attached hydrogen (secondary N) is 1. The number of morpholine rings is 1. The Hall–Kier alpha value is -1.50. The molecule has 1 aliphatic heterocycles. The number of rotatable bonds is 5. The molecule has 20 heavy (non-hydrogen) atoms. The van der Waals surface area contributed by atoms with E-state index >= 15 is 0 Å². The molecule has 106 valence electrons. The molecule has 0 aromatic carbocycles. The van der Waals surface area contributed by atoms with Gasteiger partial charge in [0.2, 0.25) is 0 Å². The van der Waals surface area contributed by atoms with Gasteiger partial charge in [-0.05, 0) is 11.4 Å². The monoisotopic (exact) mass is 291 g/mol. The van der Waals surface area contributed by atoms with E-state index in [0.29, 0.717) is 13.0 Å². The van der Waals surface area contributed by atoms with Crippen LogP contribution in [0.1, 0.15) is 21.8 Å². The molecule has 1 fully saturated rings. The van der Waals surface area contributed by atoms with Crippen molar-refractivity contribution >= 4 is 17.1 Å². The second-order valence-electron chi connectivity index (χ2n) is 4.88. The van der Waals surface area contributed by atoms with Crippen LogP contribution in [0.2, 0.25) is 0 Å². The maximum Gasteiger partial charge on any atom is 0.174 e. The Morgan fingerprint density at radius 3 is 3.30 bits per heavy atom. The summed E-state index contributed by atoms with van der Waals surface area (Å²) < 4.78 is 5.53. The summed E-state index contributed by atoms with van der Waals surface area (Å²) in [5.74, 6) is 0.199. The highest BCUT2D eigenvalue weighted by molar-refractivity contribution is 7.12. The summed E-state index contributed by atoms with van der Waals surface area (Å²) in [5, 5.41) is 1.94. The first-order valence-corrected chi connectivity index (χ1v) is 7.56. The van der Waals surface area contributed by atoms with Gasteiger partial charge in [0.15, 0.2) is 5.78 Å². The number of carbonyl (C=O) groups is 1. The van der Waals surface area contributed by atoms with Crippen molar-refractivity contribution in [1.29, 1.82) is 0 Å². The Balaban J connectivity index is 1.64. The van der Waals surface area contributed by atoms with Gasteiger partial charge in [-0.15, -0.1) is 11.3 Å². The molecule has 3 rings (SSSR count). The third-order valence-corrected chi connectivity index (χ3v) is 4.41. The van der Waals surface area contributed by atoms with Gasteiger partial charge in [0.1, 0.15) is 0 Å². The van der Waals surface area contributed by atoms with E-state index in [-0.39, 0.29) is 11.8 Å². The van der Waals surface area contributed by atoms with Crippen LogP contribution >= 0.6 is 11.3 Å². The fraction of sp³-hybridized carbons (Fsp3) is 0.429. The number of Topliss-reactive ketones (excluding diaryl/α,β-unsaturated/α-hetero) is 1. The minimum atomic E-state index is 0.140. The van der Waals surface area contributed by atoms with E-state index in [1.54, 1.807) is 6.33 Å². The zero-order chi connectivity index (χ0) is 13.8. The first kappa shape index (κ1) is 13.5. The third kappa shape index (κ3) is 3.15. The van der Waals surface area contributed by atoms with Crippen molar-refractivity contribution in [2.45, 2.75) is 19.0 Å². The van der Waals surface area contributed by atoms with Crippen LogP contribution in [0.3, 0.4) is 0 Å². The summed E-state index contributed by atoms with van der Waals surface area (Å²) in [7, 11) is 0. The standard InChI is InChI=1S/C14H17N3O2S/c18-13(14-2-1-5-20-14)6-12-9-19-4-3-17(12)8-11-7-15-10-16-11/h1-2,5,7,10,12H,3-4,6,8-9H2,(H,15,16)/t12-/m1/s1. The number of ether oxygens (including phenoxy) is 1. The number of aromatic nitrogens is 2. The van der Waals surface area contributed by atoms with E-state index in [1.807, 2.05) is 23.7 Å². The van der Waals surface area contributed by atoms with Crippen molar-refractivity contribution in [3.8, 4) is 0 Å². The molecule has 0 radical (unpaired) electrons. The molecule has 0 spiro atoms. The maximum absolute atomic E-state index is 12.2. The molecule has 0 amide bonds. The molecule has 0 unspecified atom stereocenters. The van der Waals surface area contributed by atoms with Crippen LogP contribution in [-0.4, -0.2) is 46.5 Å². The fourth-order valence-corrected chi connectivity index (χ4v) is 3.10. The van der Waals surface area contributed by atoms with Crippen LogP contribution < -0.4 is 0 Å². The molecule has 2 aromatic rings. The number of imidazole rings is 1. The highest BCUT2D eigenvalue weighted by Crippen LogP contribution is 2.18. The number of aromatic amines is 1. The summed E-state index contributed by atoms with van der Waals surface area (Å²) in [6.45, 7) is 2.97. The van der Waals surface area contributed by atoms with Crippen molar-refractivity contribution in [3.63, 3.8) is 0 Å². The molecular formula is C14H17N3O2S. The van der Waals surface area contributed by atoms with Gasteiger partial charge >= 0.3 is 0 Å². The van der Waals surface area contributed by atoms with Crippen molar-refractivity contribution in [2.75, 3.05) is 19.8 Å². The van der Waals surface area contributed by atoms with Crippen molar-refractivity contribution < 1.29 is 9.53 Å². The normalized spacial score (nSPS) is 20.1. The average Bonchev–Trinajstić information content (AvgIpc) is 3.13. The molecule has 0 bridgehead atoms. The van der Waals surface area contributed by atoms with Gasteiger partial charge in [-0.25, -0.2) is 4.98 Å². The summed E-state index contributed by atoms with van der Waals surface area (Å²) in [6.07, 6.45) is 4.02. The maximum atomic E-state index is 12.2. The summed E-state index contributed by atoms with van der Waals surface area (Å²) in [5.41, 5.74) is 1.07. The van der Waals surface area contributed by atoms with Gasteiger partial charge in [0, 0.05) is 37.4 Å². The van der Waals surface area contributed by atoms with E-state index in [9.17, 15) is 4.79 Å². The van der Waals surface area contributed by atoms with Gasteiger partial charge in [-0.3, -0.25) is 9.69 Å². The smallest absolute Gasteiger partial charge is 0.174 e. The van der Waals surface area contributed by atoms with Crippen LogP contribution in [-0.2, 0) is 11.3 Å². The second kappa shape index (κ2) is 6.30. The lowest BCUT2D eigenvalue weighted by Gasteiger charge is -2.34. The molecule has 0 saturated carbocycles. The van der Waals surface area contributed by atoms with Gasteiger partial charge in [-0.2, -0.15) is 0 Å². The van der Waals surface area contributed by atoms with Gasteiger partial charge in [0.05, 0.1) is 24.4 Å². The Morgan fingerprint density at radius 1 is 1.60 bits per heavy atom. The first-order valence-electron chi connectivity index (χ1n) is 6.68. The number of hydrogen-bond acceptors (Lipinski definition) is 5. The van der Waals surface area contributed by atoms with Crippen molar-refractivity contribution in [1.82, 2.24) is 14.9 Å². The number of nitrogens with zero attached hydrogens (tertiary/aromatic N) is 2. The molecule has 1 N–H and O–H groups in total. The predicted octanol–water partition coefficient (Wildman–Crippen LogP) is 1.94. The Morgan fingerprint density at radius 2 is 2.55 bits per heavy atom. The molecule has 2 aromatic heterocycles. The van der Waals surface area contributed by atoms with E-state index in [1.165, 1.54) is 11.3 Å². The van der Waals surface area contributed by atoms with Crippen molar-refractivity contribution in [2.24, 2.45) is 0 Å². The lowest BCUT2D eigenvalue weighted by atomic mass is 10.1. The minimum Gasteiger partial charge on any atom is -0.378 e. The molecule has 6 heteroatoms. The lowest BCUT2D eigenvalue weighted by Crippen LogP contribution is -2.45. The van der Waals surface area contributed by atoms with Gasteiger partial charge in [-0.1, -0.05) is 6.07 Å². The van der Waals surface area contributed by atoms with E-state index in [2.05, 4.69) is 14.9 Å². The van der Waals surface area contributed by atoms with Gasteiger partial charge < -0.3 is 9.72 Å². The van der Waals surface area contributed by atoms with Gasteiger partial charge in [0.25, 0.3) is 0 Å². The first-order chi connectivity index (χ1) is 9.83. The molecule has 0 aliphatic carbocycles. The summed E-state index contributed by atoms with van der Waals surface area (Å²) in [4.78, 5) is 22.5. The minimum absolute atomic E-state index is 0.140. The van der Waals surface area contributed by atoms with E-state index in [4.69, 9.17) is 4.74 Å². The average molecular weight is 291 g/mol. The number of carbonyl (C=O) groups excluding carboxylic acids is 1. The van der Waals surface area contributed by atoms with Crippen LogP contribution in [0.5, 0.6) is 0 Å². The largest absolute Gasteiger partial charge is 0.378 e. The fourth-order valence-electron chi connectivity index (χ4n) is 2.43. The highest BCUT2D eigenvalue weighted by atomic mass is 32.1. The SMILES string of the molecule is O=C(C[C@@H]1COCCN1Cc1cnc[nH]1)c1cccs1. The Kier molecular flexibility index (Phi) is 4.25. The number of hydrogen-bond donors (Lipinski definition) is 1. The number of thiophene rings is 1. The zero-order valence-corrected chi connectivity index (χ0v) is 11.9. The summed E-state index contributed by atoms with van der Waals surface area (Å²) in [6, 6.07) is 3.94. The molecule has 5 nitrogen and oxygen atoms in total. The highest BCUT2D eigenvalue weighted by Gasteiger charge is 2.26. The topological polar surface area (TPSA) is 58.2 Å². The summed E-state index contributed by atoms with van der Waals surface area (Å²) >= 11 is 1.50. The molecule has 1 atom stereocenters. The van der Waals surface area contributed by atoms with Crippen LogP contribution in [0.4, 0.5) is 0 Å². The van der Waals surface area contributed by atoms with E-state index in [0.717, 1.165) is 30.3 Å². The van der Waals surface area contributed by atoms with Crippen molar-refractivity contribution in [3.05, 3.63) is 40.6 Å². The van der Waals surface area contributed by atoms with Crippen LogP contribution in [0.25, 0.3) is 0 Å². The third-order valence-electron chi connectivity index (χ3n) is 3.49. The Bertz CT molecular complexity index is 539. The molecule has 3 heterocycles. The van der Waals surface area contributed by atoms with Crippen LogP contribution in [0, 0.1) is 0 Å². The van der Waals surface area contributed by atoms with Crippen LogP contribution in [0.15, 0.2) is 30.0 Å². The predicted molar refractivity (Wildman–Crippen MR) is 76.9 cm³/mol. The number of H-pyrrole nitrogens is 1. The molecule has 1 saturated heterocycles.